The molecule has 1 atom stereocenters. The molecule has 10 nitrogen and oxygen atoms in total. The van der Waals surface area contributed by atoms with Crippen LogP contribution in [0.1, 0.15) is 53.8 Å². The third-order valence-corrected chi connectivity index (χ3v) is 6.50. The van der Waals surface area contributed by atoms with E-state index in [1.165, 1.54) is 18.5 Å². The smallest absolute Gasteiger partial charge is 0.345 e. The summed E-state index contributed by atoms with van der Waals surface area (Å²) in [7, 11) is 0. The summed E-state index contributed by atoms with van der Waals surface area (Å²) in [4.78, 5) is 40.3. The van der Waals surface area contributed by atoms with E-state index in [0.717, 1.165) is 40.6 Å². The van der Waals surface area contributed by atoms with Gasteiger partial charge >= 0.3 is 6.18 Å². The van der Waals surface area contributed by atoms with E-state index in [0.29, 0.717) is 6.20 Å². The molecule has 3 aromatic rings. The number of hydrogen-bond donors (Lipinski definition) is 2. The summed E-state index contributed by atoms with van der Waals surface area (Å²) >= 11 is 0. The zero-order valence-electron chi connectivity index (χ0n) is 21.1. The van der Waals surface area contributed by atoms with Crippen molar-refractivity contribution in [2.45, 2.75) is 64.1 Å². The van der Waals surface area contributed by atoms with E-state index in [4.69, 9.17) is 0 Å². The number of nitrogens with one attached hydrogen (secondary N) is 2. The summed E-state index contributed by atoms with van der Waals surface area (Å²) in [6.45, 7) is -0.605. The van der Waals surface area contributed by atoms with Gasteiger partial charge < -0.3 is 15.2 Å². The standard InChI is InChI=1S/C25H26F5N7O3/c26-17(6-8-36-9-7-19(22(27)24(36)40)33-21(38)10-15-2-1-3-15)13-37-14-20(34-35-37)23(39)32-12-18-5-4-16(11-31-18)25(28,29)30/h4-5,7,9,11,14-15,17H,1-3,6,8,10,12-13H2,(H,32,39)(H,33,38). The lowest BCUT2D eigenvalue weighted by Crippen LogP contribution is -2.27. The van der Waals surface area contributed by atoms with Crippen LogP contribution in [-0.4, -0.2) is 42.5 Å². The predicted octanol–water partition coefficient (Wildman–Crippen LogP) is 3.48. The van der Waals surface area contributed by atoms with Gasteiger partial charge in [0.1, 0.15) is 6.17 Å². The molecule has 0 aliphatic heterocycles. The Balaban J connectivity index is 1.24. The summed E-state index contributed by atoms with van der Waals surface area (Å²) < 4.78 is 69.0. The summed E-state index contributed by atoms with van der Waals surface area (Å²) in [6.07, 6.45) is 0.153. The summed E-state index contributed by atoms with van der Waals surface area (Å²) in [5.74, 6) is -1.89. The Morgan fingerprint density at radius 1 is 1.18 bits per heavy atom. The second kappa shape index (κ2) is 12.3. The molecule has 40 heavy (non-hydrogen) atoms. The van der Waals surface area contributed by atoms with Gasteiger partial charge in [-0.1, -0.05) is 11.6 Å². The lowest BCUT2D eigenvalue weighted by Gasteiger charge is -2.24. The molecule has 2 N–H and O–H groups in total. The molecule has 1 unspecified atom stereocenters. The van der Waals surface area contributed by atoms with Crippen molar-refractivity contribution in [3.8, 4) is 0 Å². The number of hydrogen-bond acceptors (Lipinski definition) is 6. The normalized spacial score (nSPS) is 14.4. The lowest BCUT2D eigenvalue weighted by atomic mass is 9.83. The van der Waals surface area contributed by atoms with E-state index < -0.39 is 35.2 Å². The number of alkyl halides is 4. The number of nitrogens with zero attached hydrogens (tertiary/aromatic N) is 5. The molecule has 3 heterocycles. The van der Waals surface area contributed by atoms with E-state index in [1.54, 1.807) is 0 Å². The third-order valence-electron chi connectivity index (χ3n) is 6.50. The molecule has 0 radical (unpaired) electrons. The molecular weight excluding hydrogens is 541 g/mol. The van der Waals surface area contributed by atoms with Crippen LogP contribution in [0.2, 0.25) is 0 Å². The fourth-order valence-electron chi connectivity index (χ4n) is 4.00. The molecule has 0 aromatic carbocycles. The SMILES string of the molecule is O=C(CC1CCC1)Nc1ccn(CCC(F)Cn2cc(C(=O)NCc3ccc(C(F)(F)F)cn3)nn2)c(=O)c1F. The molecule has 0 spiro atoms. The molecule has 1 aliphatic carbocycles. The molecule has 1 saturated carbocycles. The van der Waals surface area contributed by atoms with Crippen molar-refractivity contribution >= 4 is 17.5 Å². The lowest BCUT2D eigenvalue weighted by molar-refractivity contribution is -0.137. The second-order valence-electron chi connectivity index (χ2n) is 9.52. The maximum Gasteiger partial charge on any atom is 0.417 e. The molecular formula is C25H26F5N7O3. The van der Waals surface area contributed by atoms with Crippen molar-refractivity contribution in [3.05, 3.63) is 69.9 Å². The van der Waals surface area contributed by atoms with Crippen LogP contribution >= 0.6 is 0 Å². The number of carbonyl (C=O) groups excluding carboxylic acids is 2. The summed E-state index contributed by atoms with van der Waals surface area (Å²) in [5.41, 5.74) is -2.08. The molecule has 0 saturated heterocycles. The van der Waals surface area contributed by atoms with Gasteiger partial charge in [0.05, 0.1) is 36.2 Å². The van der Waals surface area contributed by atoms with Crippen LogP contribution in [-0.2, 0) is 30.6 Å². The van der Waals surface area contributed by atoms with E-state index in [-0.39, 0.29) is 61.4 Å². The number of rotatable bonds is 11. The Labute approximate surface area is 224 Å². The molecule has 0 bridgehead atoms. The zero-order chi connectivity index (χ0) is 28.9. The van der Waals surface area contributed by atoms with Gasteiger partial charge in [-0.05, 0) is 43.4 Å². The van der Waals surface area contributed by atoms with Crippen LogP contribution < -0.4 is 16.2 Å². The predicted molar refractivity (Wildman–Crippen MR) is 131 cm³/mol. The average molecular weight is 568 g/mol. The maximum absolute atomic E-state index is 14.6. The number of aryl methyl sites for hydroxylation is 1. The molecule has 2 amide bonds. The molecule has 1 aliphatic rings. The Kier molecular flexibility index (Phi) is 8.90. The fourth-order valence-corrected chi connectivity index (χ4v) is 4.00. The van der Waals surface area contributed by atoms with Crippen LogP contribution in [0.5, 0.6) is 0 Å². The number of pyridine rings is 2. The number of anilines is 1. The van der Waals surface area contributed by atoms with E-state index in [2.05, 4.69) is 25.9 Å². The van der Waals surface area contributed by atoms with Gasteiger partial charge in [0.25, 0.3) is 11.5 Å². The van der Waals surface area contributed by atoms with Crippen LogP contribution in [0.15, 0.2) is 41.6 Å². The van der Waals surface area contributed by atoms with Crippen LogP contribution in [0, 0.1) is 11.7 Å². The largest absolute Gasteiger partial charge is 0.417 e. The first-order valence-electron chi connectivity index (χ1n) is 12.5. The number of carbonyl (C=O) groups is 2. The second-order valence-corrected chi connectivity index (χ2v) is 9.52. The van der Waals surface area contributed by atoms with Gasteiger partial charge in [-0.15, -0.1) is 5.10 Å². The van der Waals surface area contributed by atoms with Crippen LogP contribution in [0.3, 0.4) is 0 Å². The van der Waals surface area contributed by atoms with Crippen molar-refractivity contribution in [1.29, 1.82) is 0 Å². The van der Waals surface area contributed by atoms with Gasteiger partial charge in [-0.3, -0.25) is 19.4 Å². The monoisotopic (exact) mass is 567 g/mol. The molecule has 1 fully saturated rings. The topological polar surface area (TPSA) is 124 Å². The van der Waals surface area contributed by atoms with Crippen molar-refractivity contribution in [3.63, 3.8) is 0 Å². The van der Waals surface area contributed by atoms with Gasteiger partial charge in [-0.2, -0.15) is 17.6 Å². The Hall–Kier alpha value is -4.17. The minimum Gasteiger partial charge on any atom is -0.345 e. The van der Waals surface area contributed by atoms with Crippen molar-refractivity contribution in [1.82, 2.24) is 29.9 Å². The average Bonchev–Trinajstić information content (AvgIpc) is 3.35. The Morgan fingerprint density at radius 2 is 1.95 bits per heavy atom. The molecule has 4 rings (SSSR count). The quantitative estimate of drug-likeness (QED) is 0.342. The van der Waals surface area contributed by atoms with Crippen molar-refractivity contribution in [2.75, 3.05) is 5.32 Å². The number of aromatic nitrogens is 5. The van der Waals surface area contributed by atoms with Gasteiger partial charge in [0, 0.05) is 25.4 Å². The summed E-state index contributed by atoms with van der Waals surface area (Å²) in [6, 6.07) is 3.23. The van der Waals surface area contributed by atoms with Crippen molar-refractivity contribution < 1.29 is 31.5 Å². The first-order chi connectivity index (χ1) is 19.0. The Bertz CT molecular complexity index is 1400. The minimum absolute atomic E-state index is 0.143. The van der Waals surface area contributed by atoms with E-state index >= 15 is 0 Å². The summed E-state index contributed by atoms with van der Waals surface area (Å²) in [5, 5.41) is 12.2. The van der Waals surface area contributed by atoms with Gasteiger partial charge in [0.15, 0.2) is 5.69 Å². The van der Waals surface area contributed by atoms with Crippen LogP contribution in [0.4, 0.5) is 27.6 Å². The molecule has 3 aromatic heterocycles. The molecule has 214 valence electrons. The number of halogens is 5. The molecule has 15 heteroatoms. The van der Waals surface area contributed by atoms with E-state index in [9.17, 15) is 36.3 Å². The number of amides is 2. The highest BCUT2D eigenvalue weighted by Crippen LogP contribution is 2.30. The third kappa shape index (κ3) is 7.48. The Morgan fingerprint density at radius 3 is 2.60 bits per heavy atom. The fraction of sp³-hybridized carbons (Fsp3) is 0.440. The van der Waals surface area contributed by atoms with Gasteiger partial charge in [0.2, 0.25) is 11.7 Å². The highest BCUT2D eigenvalue weighted by atomic mass is 19.4. The first-order valence-corrected chi connectivity index (χ1v) is 12.5. The zero-order valence-corrected chi connectivity index (χ0v) is 21.1. The van der Waals surface area contributed by atoms with E-state index in [1.807, 2.05) is 0 Å². The highest BCUT2D eigenvalue weighted by Gasteiger charge is 2.30. The highest BCUT2D eigenvalue weighted by molar-refractivity contribution is 5.92. The maximum atomic E-state index is 14.6. The van der Waals surface area contributed by atoms with Gasteiger partial charge in [-0.25, -0.2) is 9.07 Å². The first kappa shape index (κ1) is 28.8. The van der Waals surface area contributed by atoms with Crippen molar-refractivity contribution in [2.24, 2.45) is 5.92 Å². The minimum atomic E-state index is -4.52. The van der Waals surface area contributed by atoms with Crippen LogP contribution in [0.25, 0.3) is 0 Å².